The Kier molecular flexibility index (Phi) is 3.07. The standard InChI is InChI=1S/C11H15FN2O2S/c1-7-8(9(15)16)13-10(17-7)14-5-3-4-11(2,12)6-14/h3-6H2,1-2H3,(H,15,16). The summed E-state index contributed by atoms with van der Waals surface area (Å²) < 4.78 is 13.9. The van der Waals surface area contributed by atoms with E-state index in [1.54, 1.807) is 13.8 Å². The van der Waals surface area contributed by atoms with Crippen molar-refractivity contribution < 1.29 is 14.3 Å². The van der Waals surface area contributed by atoms with Crippen LogP contribution in [0.2, 0.25) is 0 Å². The molecule has 0 radical (unpaired) electrons. The largest absolute Gasteiger partial charge is 0.476 e. The maximum Gasteiger partial charge on any atom is 0.355 e. The first-order valence-corrected chi connectivity index (χ1v) is 6.35. The first-order valence-electron chi connectivity index (χ1n) is 5.54. The molecule has 0 amide bonds. The summed E-state index contributed by atoms with van der Waals surface area (Å²) in [5.41, 5.74) is -1.13. The van der Waals surface area contributed by atoms with Crippen molar-refractivity contribution >= 4 is 22.4 Å². The summed E-state index contributed by atoms with van der Waals surface area (Å²) in [6, 6.07) is 0. The molecule has 0 aliphatic carbocycles. The van der Waals surface area contributed by atoms with E-state index in [1.165, 1.54) is 11.3 Å². The van der Waals surface area contributed by atoms with E-state index in [0.717, 1.165) is 13.0 Å². The molecule has 0 bridgehead atoms. The van der Waals surface area contributed by atoms with Gasteiger partial charge in [-0.25, -0.2) is 14.2 Å². The van der Waals surface area contributed by atoms with Gasteiger partial charge >= 0.3 is 5.97 Å². The highest BCUT2D eigenvalue weighted by atomic mass is 32.1. The Balaban J connectivity index is 2.22. The molecule has 2 rings (SSSR count). The van der Waals surface area contributed by atoms with E-state index < -0.39 is 11.6 Å². The second-order valence-electron chi connectivity index (χ2n) is 4.64. The number of piperidine rings is 1. The number of hydrogen-bond acceptors (Lipinski definition) is 4. The number of alkyl halides is 1. The van der Waals surface area contributed by atoms with Crippen molar-refractivity contribution in [2.45, 2.75) is 32.4 Å². The lowest BCUT2D eigenvalue weighted by Crippen LogP contribution is -2.43. The first kappa shape index (κ1) is 12.3. The third-order valence-electron chi connectivity index (χ3n) is 2.91. The minimum Gasteiger partial charge on any atom is -0.476 e. The number of rotatable bonds is 2. The van der Waals surface area contributed by atoms with Gasteiger partial charge in [0, 0.05) is 11.4 Å². The molecule has 1 aliphatic rings. The Bertz CT molecular complexity index is 445. The zero-order chi connectivity index (χ0) is 12.6. The van der Waals surface area contributed by atoms with Gasteiger partial charge < -0.3 is 10.0 Å². The Labute approximate surface area is 103 Å². The van der Waals surface area contributed by atoms with Crippen molar-refractivity contribution in [1.82, 2.24) is 4.98 Å². The van der Waals surface area contributed by atoms with Crippen LogP contribution in [-0.2, 0) is 0 Å². The maximum atomic E-state index is 13.9. The van der Waals surface area contributed by atoms with Crippen molar-refractivity contribution in [2.75, 3.05) is 18.0 Å². The van der Waals surface area contributed by atoms with Gasteiger partial charge in [0.2, 0.25) is 0 Å². The molecular weight excluding hydrogens is 243 g/mol. The molecule has 1 aromatic heterocycles. The predicted octanol–water partition coefficient (Wildman–Crippen LogP) is 2.48. The highest BCUT2D eigenvalue weighted by Crippen LogP contribution is 2.32. The van der Waals surface area contributed by atoms with Crippen LogP contribution >= 0.6 is 11.3 Å². The molecule has 1 aromatic rings. The minimum atomic E-state index is -1.21. The number of anilines is 1. The summed E-state index contributed by atoms with van der Waals surface area (Å²) in [6.45, 7) is 4.34. The van der Waals surface area contributed by atoms with E-state index in [9.17, 15) is 9.18 Å². The van der Waals surface area contributed by atoms with E-state index in [4.69, 9.17) is 5.11 Å². The van der Waals surface area contributed by atoms with Crippen LogP contribution in [0.15, 0.2) is 0 Å². The summed E-state index contributed by atoms with van der Waals surface area (Å²) in [6.07, 6.45) is 1.33. The Morgan fingerprint density at radius 3 is 2.88 bits per heavy atom. The summed E-state index contributed by atoms with van der Waals surface area (Å²) >= 11 is 1.32. The summed E-state index contributed by atoms with van der Waals surface area (Å²) in [4.78, 5) is 17.5. The van der Waals surface area contributed by atoms with Crippen LogP contribution in [-0.4, -0.2) is 34.8 Å². The van der Waals surface area contributed by atoms with Gasteiger partial charge in [0.05, 0.1) is 6.54 Å². The first-order chi connectivity index (χ1) is 7.89. The number of carbonyl (C=O) groups is 1. The normalized spacial score (nSPS) is 25.0. The summed E-state index contributed by atoms with van der Waals surface area (Å²) in [7, 11) is 0. The molecule has 94 valence electrons. The molecule has 1 fully saturated rings. The fourth-order valence-electron chi connectivity index (χ4n) is 2.07. The lowest BCUT2D eigenvalue weighted by atomic mass is 9.97. The van der Waals surface area contributed by atoms with E-state index in [0.29, 0.717) is 23.0 Å². The molecule has 1 saturated heterocycles. The maximum absolute atomic E-state index is 13.9. The molecule has 0 aromatic carbocycles. The van der Waals surface area contributed by atoms with Crippen molar-refractivity contribution in [3.8, 4) is 0 Å². The topological polar surface area (TPSA) is 53.4 Å². The lowest BCUT2D eigenvalue weighted by molar-refractivity contribution is 0.0690. The summed E-state index contributed by atoms with van der Waals surface area (Å²) in [5, 5.41) is 9.55. The van der Waals surface area contributed by atoms with Crippen molar-refractivity contribution in [3.05, 3.63) is 10.6 Å². The molecule has 1 unspecified atom stereocenters. The number of carboxylic acids is 1. The summed E-state index contributed by atoms with van der Waals surface area (Å²) in [5.74, 6) is -1.02. The Hall–Kier alpha value is -1.17. The van der Waals surface area contributed by atoms with Gasteiger partial charge in [0.25, 0.3) is 0 Å². The molecule has 17 heavy (non-hydrogen) atoms. The van der Waals surface area contributed by atoms with E-state index in [1.807, 2.05) is 4.90 Å². The average molecular weight is 258 g/mol. The van der Waals surface area contributed by atoms with Gasteiger partial charge in [-0.1, -0.05) is 0 Å². The number of halogens is 1. The number of aromatic nitrogens is 1. The SMILES string of the molecule is Cc1sc(N2CCCC(C)(F)C2)nc1C(=O)O. The second kappa shape index (κ2) is 4.25. The smallest absolute Gasteiger partial charge is 0.355 e. The van der Waals surface area contributed by atoms with Gasteiger partial charge in [0.1, 0.15) is 5.67 Å². The van der Waals surface area contributed by atoms with Gasteiger partial charge in [0.15, 0.2) is 10.8 Å². The molecular formula is C11H15FN2O2S. The van der Waals surface area contributed by atoms with Crippen LogP contribution in [0.25, 0.3) is 0 Å². The van der Waals surface area contributed by atoms with Crippen LogP contribution in [0, 0.1) is 6.92 Å². The molecule has 1 atom stereocenters. The van der Waals surface area contributed by atoms with E-state index in [-0.39, 0.29) is 5.69 Å². The van der Waals surface area contributed by atoms with Gasteiger partial charge in [-0.3, -0.25) is 0 Å². The highest BCUT2D eigenvalue weighted by molar-refractivity contribution is 7.15. The minimum absolute atomic E-state index is 0.0798. The van der Waals surface area contributed by atoms with Gasteiger partial charge in [-0.2, -0.15) is 0 Å². The van der Waals surface area contributed by atoms with Crippen molar-refractivity contribution in [1.29, 1.82) is 0 Å². The van der Waals surface area contributed by atoms with Crippen molar-refractivity contribution in [3.63, 3.8) is 0 Å². The zero-order valence-corrected chi connectivity index (χ0v) is 10.7. The van der Waals surface area contributed by atoms with Crippen molar-refractivity contribution in [2.24, 2.45) is 0 Å². The van der Waals surface area contributed by atoms with Crippen LogP contribution in [0.5, 0.6) is 0 Å². The van der Waals surface area contributed by atoms with E-state index >= 15 is 0 Å². The average Bonchev–Trinajstić information content (AvgIpc) is 2.59. The fourth-order valence-corrected chi connectivity index (χ4v) is 3.00. The molecule has 2 heterocycles. The monoisotopic (exact) mass is 258 g/mol. The van der Waals surface area contributed by atoms with Crippen LogP contribution in [0.1, 0.15) is 35.1 Å². The second-order valence-corrected chi connectivity index (χ2v) is 5.83. The zero-order valence-electron chi connectivity index (χ0n) is 9.86. The number of aromatic carboxylic acids is 1. The molecule has 0 spiro atoms. The Morgan fingerprint density at radius 1 is 1.65 bits per heavy atom. The molecule has 4 nitrogen and oxygen atoms in total. The van der Waals surface area contributed by atoms with E-state index in [2.05, 4.69) is 4.98 Å². The number of thiazole rings is 1. The third-order valence-corrected chi connectivity index (χ3v) is 3.94. The molecule has 6 heteroatoms. The number of hydrogen-bond donors (Lipinski definition) is 1. The molecule has 1 N–H and O–H groups in total. The predicted molar refractivity (Wildman–Crippen MR) is 64.8 cm³/mol. The molecule has 0 saturated carbocycles. The van der Waals surface area contributed by atoms with Gasteiger partial charge in [-0.05, 0) is 26.7 Å². The number of aryl methyl sites for hydroxylation is 1. The third kappa shape index (κ3) is 2.57. The fraction of sp³-hybridized carbons (Fsp3) is 0.636. The molecule has 1 aliphatic heterocycles. The number of nitrogens with zero attached hydrogens (tertiary/aromatic N) is 2. The van der Waals surface area contributed by atoms with Gasteiger partial charge in [-0.15, -0.1) is 11.3 Å². The quantitative estimate of drug-likeness (QED) is 0.885. The number of carboxylic acid groups (broad SMARTS) is 1. The lowest BCUT2D eigenvalue weighted by Gasteiger charge is -2.34. The van der Waals surface area contributed by atoms with Crippen LogP contribution < -0.4 is 4.90 Å². The van der Waals surface area contributed by atoms with Crippen LogP contribution in [0.4, 0.5) is 9.52 Å². The van der Waals surface area contributed by atoms with Crippen LogP contribution in [0.3, 0.4) is 0 Å². The Morgan fingerprint density at radius 2 is 2.35 bits per heavy atom. The highest BCUT2D eigenvalue weighted by Gasteiger charge is 2.32.